The van der Waals surface area contributed by atoms with Gasteiger partial charge >= 0.3 is 0 Å². The Hall–Kier alpha value is -3.38. The number of fused-ring (bicyclic) bond motifs is 2. The highest BCUT2D eigenvalue weighted by molar-refractivity contribution is 6.71. The molecule has 2 fully saturated rings. The number of ether oxygens (including phenoxy) is 1. The van der Waals surface area contributed by atoms with Crippen molar-refractivity contribution in [2.75, 3.05) is 23.0 Å². The lowest BCUT2D eigenvalue weighted by molar-refractivity contribution is -0.146. The van der Waals surface area contributed by atoms with Gasteiger partial charge in [-0.1, -0.05) is 55.3 Å². The van der Waals surface area contributed by atoms with Crippen LogP contribution in [0.4, 0.5) is 11.4 Å². The zero-order valence-corrected chi connectivity index (χ0v) is 27.6. The Morgan fingerprint density at radius 2 is 1.80 bits per heavy atom. The van der Waals surface area contributed by atoms with Gasteiger partial charge in [-0.05, 0) is 56.1 Å². The number of hydrogen-bond donors (Lipinski definition) is 2. The van der Waals surface area contributed by atoms with Crippen molar-refractivity contribution >= 4 is 31.5 Å². The first-order valence-corrected chi connectivity index (χ1v) is 19.4. The normalized spacial score (nSPS) is 25.6. The van der Waals surface area contributed by atoms with Crippen LogP contribution >= 0.6 is 0 Å². The molecular weight excluding hydrogens is 586 g/mol. The van der Waals surface area contributed by atoms with Gasteiger partial charge in [0.2, 0.25) is 5.91 Å². The van der Waals surface area contributed by atoms with Crippen LogP contribution in [0.15, 0.2) is 54.7 Å². The Balaban J connectivity index is 1.25. The number of hydrogen-bond acceptors (Lipinski definition) is 7. The first kappa shape index (κ1) is 31.6. The summed E-state index contributed by atoms with van der Waals surface area (Å²) in [4.78, 5) is 42.7. The van der Waals surface area contributed by atoms with Crippen LogP contribution in [-0.4, -0.2) is 64.3 Å². The van der Waals surface area contributed by atoms with Crippen molar-refractivity contribution in [1.82, 2.24) is 15.0 Å². The zero-order chi connectivity index (χ0) is 31.8. The first-order chi connectivity index (χ1) is 21.6. The van der Waals surface area contributed by atoms with E-state index in [9.17, 15) is 19.5 Å². The maximum Gasteiger partial charge on any atom is 0.264 e. The van der Waals surface area contributed by atoms with Crippen LogP contribution in [0.1, 0.15) is 62.3 Å². The van der Waals surface area contributed by atoms with Crippen molar-refractivity contribution in [3.63, 3.8) is 0 Å². The molecule has 0 bridgehead atoms. The quantitative estimate of drug-likeness (QED) is 0.333. The molecule has 10 nitrogen and oxygen atoms in total. The number of aryl methyl sites for hydroxylation is 1. The topological polar surface area (TPSA) is 121 Å². The van der Waals surface area contributed by atoms with Gasteiger partial charge in [-0.25, -0.2) is 0 Å². The molecule has 11 heteroatoms. The number of anilines is 2. The molecule has 3 aromatic rings. The van der Waals surface area contributed by atoms with E-state index < -0.39 is 13.9 Å². The molecule has 4 heterocycles. The van der Waals surface area contributed by atoms with Gasteiger partial charge in [-0.2, -0.15) is 0 Å². The third-order valence-corrected chi connectivity index (χ3v) is 12.4. The van der Waals surface area contributed by atoms with Gasteiger partial charge in [0, 0.05) is 61.4 Å². The number of rotatable bonds is 9. The average molecular weight is 632 g/mol. The largest absolute Gasteiger partial charge is 0.432 e. The van der Waals surface area contributed by atoms with Gasteiger partial charge in [0.15, 0.2) is 13.9 Å². The number of amides is 2. The summed E-state index contributed by atoms with van der Waals surface area (Å²) in [6.45, 7) is 7.57. The minimum absolute atomic E-state index is 0.0110. The van der Waals surface area contributed by atoms with E-state index in [1.165, 1.54) is 0 Å². The van der Waals surface area contributed by atoms with Crippen molar-refractivity contribution < 1.29 is 24.2 Å². The van der Waals surface area contributed by atoms with E-state index in [-0.39, 0.29) is 36.0 Å². The summed E-state index contributed by atoms with van der Waals surface area (Å²) in [6, 6.07) is 15.9. The lowest BCUT2D eigenvalue weighted by Crippen LogP contribution is -2.46. The number of aliphatic hydroxyl groups excluding tert-OH is 1. The molecular formula is C34H45N5O5Si. The number of para-hydroxylation sites is 1. The predicted octanol–water partition coefficient (Wildman–Crippen LogP) is 4.54. The van der Waals surface area contributed by atoms with Gasteiger partial charge in [0.1, 0.15) is 0 Å². The SMILES string of the molecule is C[C@@H]1[C@@H]([Si](C)(C)O)[C@H](CCn2cc(CCO)nn2)O[C@@]12C(=O)N(Cc1ccc(N3CCCCCCC3=O)cc1)c1ccccc12. The summed E-state index contributed by atoms with van der Waals surface area (Å²) in [5.74, 6) is -0.167. The molecule has 0 unspecified atom stereocenters. The molecule has 2 amide bonds. The van der Waals surface area contributed by atoms with Crippen molar-refractivity contribution in [2.24, 2.45) is 5.92 Å². The summed E-state index contributed by atoms with van der Waals surface area (Å²) in [5, 5.41) is 17.6. The van der Waals surface area contributed by atoms with E-state index in [4.69, 9.17) is 4.74 Å². The molecule has 45 heavy (non-hydrogen) atoms. The standard InChI is InChI=1S/C34H45N5O5Si/c1-24-32(45(2,3)43)30(17-20-37-23-26(18-21-40)35-36-37)44-34(24)28-10-7-8-11-29(28)39(33(34)42)22-25-13-15-27(16-14-25)38-19-9-5-4-6-12-31(38)41/h7-8,10-11,13-16,23-24,30,32,40,43H,4-6,9,12,17-22H2,1-3H3/t24-,30+,32-,34+/m1/s1. The van der Waals surface area contributed by atoms with E-state index in [2.05, 4.69) is 17.2 Å². The van der Waals surface area contributed by atoms with Crippen LogP contribution < -0.4 is 9.80 Å². The van der Waals surface area contributed by atoms with Gasteiger partial charge in [-0.3, -0.25) is 14.3 Å². The van der Waals surface area contributed by atoms with E-state index in [1.54, 1.807) is 4.68 Å². The van der Waals surface area contributed by atoms with Crippen LogP contribution in [0.5, 0.6) is 0 Å². The summed E-state index contributed by atoms with van der Waals surface area (Å²) < 4.78 is 8.66. The Labute approximate surface area is 266 Å². The molecule has 1 spiro atoms. The Morgan fingerprint density at radius 3 is 2.56 bits per heavy atom. The molecule has 3 aliphatic rings. The monoisotopic (exact) mass is 631 g/mol. The van der Waals surface area contributed by atoms with Crippen LogP contribution in [0.25, 0.3) is 0 Å². The fourth-order valence-corrected chi connectivity index (χ4v) is 10.4. The highest BCUT2D eigenvalue weighted by Crippen LogP contribution is 2.59. The van der Waals surface area contributed by atoms with E-state index in [0.717, 1.165) is 60.4 Å². The Bertz CT molecular complexity index is 1520. The van der Waals surface area contributed by atoms with Crippen molar-refractivity contribution in [3.05, 3.63) is 71.5 Å². The average Bonchev–Trinajstić information content (AvgIpc) is 3.65. The molecule has 3 aliphatic heterocycles. The molecule has 0 saturated carbocycles. The van der Waals surface area contributed by atoms with Crippen LogP contribution in [0.2, 0.25) is 18.6 Å². The van der Waals surface area contributed by atoms with Crippen LogP contribution in [0, 0.1) is 5.92 Å². The maximum atomic E-state index is 14.6. The Morgan fingerprint density at radius 1 is 1.04 bits per heavy atom. The van der Waals surface area contributed by atoms with Gasteiger partial charge in [0.05, 0.1) is 24.0 Å². The van der Waals surface area contributed by atoms with E-state index >= 15 is 0 Å². The number of aliphatic hydroxyl groups is 1. The molecule has 240 valence electrons. The molecule has 2 aromatic carbocycles. The minimum Gasteiger partial charge on any atom is -0.432 e. The number of nitrogens with zero attached hydrogens (tertiary/aromatic N) is 5. The summed E-state index contributed by atoms with van der Waals surface area (Å²) in [6.07, 6.45) is 7.28. The molecule has 0 radical (unpaired) electrons. The number of carbonyl (C=O) groups is 2. The Kier molecular flexibility index (Phi) is 8.97. The predicted molar refractivity (Wildman–Crippen MR) is 174 cm³/mol. The van der Waals surface area contributed by atoms with Gasteiger partial charge < -0.3 is 24.4 Å². The highest BCUT2D eigenvalue weighted by Gasteiger charge is 2.66. The smallest absolute Gasteiger partial charge is 0.264 e. The van der Waals surface area contributed by atoms with Crippen molar-refractivity contribution in [1.29, 1.82) is 0 Å². The van der Waals surface area contributed by atoms with Crippen LogP contribution in [0.3, 0.4) is 0 Å². The zero-order valence-electron chi connectivity index (χ0n) is 26.6. The third kappa shape index (κ3) is 5.98. The minimum atomic E-state index is -2.78. The molecule has 4 atom stereocenters. The molecule has 2 saturated heterocycles. The van der Waals surface area contributed by atoms with Gasteiger partial charge in [0.25, 0.3) is 5.91 Å². The number of benzene rings is 2. The molecule has 6 rings (SSSR count). The fraction of sp³-hybridized carbons (Fsp3) is 0.529. The lowest BCUT2D eigenvalue weighted by atomic mass is 9.82. The summed E-state index contributed by atoms with van der Waals surface area (Å²) in [7, 11) is -2.78. The maximum absolute atomic E-state index is 14.6. The second kappa shape index (κ2) is 12.8. The first-order valence-electron chi connectivity index (χ1n) is 16.3. The second-order valence-electron chi connectivity index (χ2n) is 13.4. The van der Waals surface area contributed by atoms with E-state index in [1.807, 2.05) is 77.6 Å². The summed E-state index contributed by atoms with van der Waals surface area (Å²) in [5.41, 5.74) is 2.91. The molecule has 1 aromatic heterocycles. The fourth-order valence-electron chi connectivity index (χ4n) is 7.79. The second-order valence-corrected chi connectivity index (χ2v) is 17.4. The van der Waals surface area contributed by atoms with Gasteiger partial charge in [-0.15, -0.1) is 5.10 Å². The van der Waals surface area contributed by atoms with Crippen LogP contribution in [-0.2, 0) is 39.4 Å². The molecule has 2 N–H and O–H groups in total. The molecule has 0 aliphatic carbocycles. The third-order valence-electron chi connectivity index (χ3n) is 9.90. The highest BCUT2D eigenvalue weighted by atomic mass is 28.4. The van der Waals surface area contributed by atoms with E-state index in [0.29, 0.717) is 32.4 Å². The number of carbonyl (C=O) groups excluding carboxylic acids is 2. The van der Waals surface area contributed by atoms with Crippen molar-refractivity contribution in [2.45, 2.75) is 95.3 Å². The summed E-state index contributed by atoms with van der Waals surface area (Å²) >= 11 is 0. The number of aromatic nitrogens is 3. The van der Waals surface area contributed by atoms with Crippen molar-refractivity contribution in [3.8, 4) is 0 Å². The lowest BCUT2D eigenvalue weighted by Gasteiger charge is -2.32.